The molecule has 1 unspecified atom stereocenters. The number of rotatable bonds is 6. The van der Waals surface area contributed by atoms with Crippen LogP contribution in [0.1, 0.15) is 41.6 Å². The zero-order valence-corrected chi connectivity index (χ0v) is 20.9. The number of thioether (sulfide) groups is 1. The Balaban J connectivity index is 1.47. The SMILES string of the molecule is CSc1nc2cc(C(=O)N3CCOC(COc4cc(C)nc(C(C)C)n4)C3)ccc2c(=O)n1C. The second-order valence-electron chi connectivity index (χ2n) is 8.61. The Morgan fingerprint density at radius 2 is 2.06 bits per heavy atom. The van der Waals surface area contributed by atoms with Crippen molar-refractivity contribution in [2.75, 3.05) is 32.6 Å². The maximum absolute atomic E-state index is 13.2. The lowest BCUT2D eigenvalue weighted by atomic mass is 10.1. The summed E-state index contributed by atoms with van der Waals surface area (Å²) in [6.45, 7) is 7.57. The first-order chi connectivity index (χ1) is 16.3. The number of morpholine rings is 1. The Labute approximate surface area is 202 Å². The highest BCUT2D eigenvalue weighted by Crippen LogP contribution is 2.19. The van der Waals surface area contributed by atoms with Gasteiger partial charge in [-0.3, -0.25) is 14.2 Å². The number of aromatic nitrogens is 4. The van der Waals surface area contributed by atoms with Crippen LogP contribution in [0.2, 0.25) is 0 Å². The maximum atomic E-state index is 13.2. The van der Waals surface area contributed by atoms with Gasteiger partial charge in [0.1, 0.15) is 18.5 Å². The molecule has 1 fully saturated rings. The standard InChI is InChI=1S/C24H29N5O4S/c1-14(2)21-25-15(3)10-20(27-21)33-13-17-12-29(8-9-32-17)22(30)16-6-7-18-19(11-16)26-24(34-5)28(4)23(18)31/h6-7,10-11,14,17H,8-9,12-13H2,1-5H3. The molecule has 2 aromatic heterocycles. The molecular formula is C24H29N5O4S. The molecule has 1 atom stereocenters. The third kappa shape index (κ3) is 5.07. The summed E-state index contributed by atoms with van der Waals surface area (Å²) in [5.74, 6) is 1.32. The van der Waals surface area contributed by atoms with E-state index >= 15 is 0 Å². The van der Waals surface area contributed by atoms with Crippen LogP contribution >= 0.6 is 11.8 Å². The number of benzene rings is 1. The van der Waals surface area contributed by atoms with Crippen molar-refractivity contribution in [2.24, 2.45) is 7.05 Å². The summed E-state index contributed by atoms with van der Waals surface area (Å²) in [5, 5.41) is 1.09. The summed E-state index contributed by atoms with van der Waals surface area (Å²) < 4.78 is 13.2. The minimum absolute atomic E-state index is 0.122. The minimum atomic E-state index is -0.274. The number of ether oxygens (including phenoxy) is 2. The molecule has 0 spiro atoms. The first kappa shape index (κ1) is 24.2. The second kappa shape index (κ2) is 10.1. The van der Waals surface area contributed by atoms with E-state index < -0.39 is 0 Å². The van der Waals surface area contributed by atoms with Crippen molar-refractivity contribution in [3.63, 3.8) is 0 Å². The van der Waals surface area contributed by atoms with Gasteiger partial charge in [0.15, 0.2) is 5.16 Å². The first-order valence-electron chi connectivity index (χ1n) is 11.2. The molecule has 1 saturated heterocycles. The summed E-state index contributed by atoms with van der Waals surface area (Å²) in [6.07, 6.45) is 1.59. The third-order valence-corrected chi connectivity index (χ3v) is 6.40. The monoisotopic (exact) mass is 483 g/mol. The lowest BCUT2D eigenvalue weighted by molar-refractivity contribution is -0.0407. The van der Waals surface area contributed by atoms with Gasteiger partial charge in [-0.2, -0.15) is 4.98 Å². The Bertz CT molecular complexity index is 1280. The molecular weight excluding hydrogens is 454 g/mol. The average molecular weight is 484 g/mol. The van der Waals surface area contributed by atoms with E-state index in [0.29, 0.717) is 47.2 Å². The van der Waals surface area contributed by atoms with Crippen LogP contribution in [0.4, 0.5) is 0 Å². The average Bonchev–Trinajstić information content (AvgIpc) is 2.84. The van der Waals surface area contributed by atoms with Crippen molar-refractivity contribution in [1.82, 2.24) is 24.4 Å². The van der Waals surface area contributed by atoms with E-state index in [2.05, 4.69) is 15.0 Å². The van der Waals surface area contributed by atoms with Gasteiger partial charge in [0, 0.05) is 36.8 Å². The summed E-state index contributed by atoms with van der Waals surface area (Å²) >= 11 is 1.39. The van der Waals surface area contributed by atoms with Gasteiger partial charge in [-0.05, 0) is 31.4 Å². The van der Waals surface area contributed by atoms with Gasteiger partial charge in [-0.25, -0.2) is 9.97 Å². The predicted molar refractivity (Wildman–Crippen MR) is 131 cm³/mol. The van der Waals surface area contributed by atoms with Crippen LogP contribution in [-0.4, -0.2) is 69.0 Å². The Morgan fingerprint density at radius 3 is 2.79 bits per heavy atom. The van der Waals surface area contributed by atoms with Crippen LogP contribution in [0, 0.1) is 6.92 Å². The number of hydrogen-bond donors (Lipinski definition) is 0. The van der Waals surface area contributed by atoms with Crippen LogP contribution in [0.3, 0.4) is 0 Å². The van der Waals surface area contributed by atoms with Crippen molar-refractivity contribution in [1.29, 1.82) is 0 Å². The first-order valence-corrected chi connectivity index (χ1v) is 12.4. The van der Waals surface area contributed by atoms with Gasteiger partial charge < -0.3 is 14.4 Å². The molecule has 9 nitrogen and oxygen atoms in total. The fourth-order valence-corrected chi connectivity index (χ4v) is 4.37. The van der Waals surface area contributed by atoms with Crippen molar-refractivity contribution >= 4 is 28.6 Å². The number of amides is 1. The molecule has 3 heterocycles. The van der Waals surface area contributed by atoms with E-state index in [-0.39, 0.29) is 30.1 Å². The van der Waals surface area contributed by atoms with Gasteiger partial charge in [-0.15, -0.1) is 0 Å². The Morgan fingerprint density at radius 1 is 1.26 bits per heavy atom. The molecule has 0 bridgehead atoms. The van der Waals surface area contributed by atoms with Gasteiger partial charge >= 0.3 is 0 Å². The largest absolute Gasteiger partial charge is 0.475 e. The third-order valence-electron chi connectivity index (χ3n) is 5.67. The smallest absolute Gasteiger partial charge is 0.261 e. The van der Waals surface area contributed by atoms with E-state index in [0.717, 1.165) is 11.5 Å². The number of carbonyl (C=O) groups excluding carboxylic acids is 1. The number of nitrogens with zero attached hydrogens (tertiary/aromatic N) is 5. The molecule has 180 valence electrons. The highest BCUT2D eigenvalue weighted by molar-refractivity contribution is 7.98. The van der Waals surface area contributed by atoms with Crippen LogP contribution in [0.5, 0.6) is 5.88 Å². The molecule has 4 rings (SSSR count). The van der Waals surface area contributed by atoms with Crippen LogP contribution in [-0.2, 0) is 11.8 Å². The lowest BCUT2D eigenvalue weighted by Gasteiger charge is -2.32. The van der Waals surface area contributed by atoms with E-state index in [1.165, 1.54) is 16.3 Å². The van der Waals surface area contributed by atoms with E-state index in [1.54, 1.807) is 36.2 Å². The summed E-state index contributed by atoms with van der Waals surface area (Å²) in [6, 6.07) is 6.85. The summed E-state index contributed by atoms with van der Waals surface area (Å²) in [4.78, 5) is 41.0. The normalized spacial score (nSPS) is 16.3. The van der Waals surface area contributed by atoms with Crippen LogP contribution in [0.15, 0.2) is 34.2 Å². The van der Waals surface area contributed by atoms with Crippen molar-refractivity contribution in [3.05, 3.63) is 51.7 Å². The predicted octanol–water partition coefficient (Wildman–Crippen LogP) is 2.80. The van der Waals surface area contributed by atoms with Crippen LogP contribution in [0.25, 0.3) is 10.9 Å². The highest BCUT2D eigenvalue weighted by atomic mass is 32.2. The second-order valence-corrected chi connectivity index (χ2v) is 9.38. The van der Waals surface area contributed by atoms with Gasteiger partial charge in [0.2, 0.25) is 5.88 Å². The fourth-order valence-electron chi connectivity index (χ4n) is 3.83. The minimum Gasteiger partial charge on any atom is -0.475 e. The molecule has 10 heteroatoms. The Hall–Kier alpha value is -2.98. The summed E-state index contributed by atoms with van der Waals surface area (Å²) in [5.41, 5.74) is 1.73. The molecule has 1 aliphatic rings. The number of aryl methyl sites for hydroxylation is 1. The van der Waals surface area contributed by atoms with E-state index in [1.807, 2.05) is 27.0 Å². The molecule has 0 radical (unpaired) electrons. The van der Waals surface area contributed by atoms with Crippen LogP contribution < -0.4 is 10.3 Å². The molecule has 1 amide bonds. The molecule has 0 aliphatic carbocycles. The Kier molecular flexibility index (Phi) is 7.18. The number of hydrogen-bond acceptors (Lipinski definition) is 8. The number of carbonyl (C=O) groups is 1. The topological polar surface area (TPSA) is 99.4 Å². The van der Waals surface area contributed by atoms with Gasteiger partial charge in [-0.1, -0.05) is 25.6 Å². The maximum Gasteiger partial charge on any atom is 0.261 e. The highest BCUT2D eigenvalue weighted by Gasteiger charge is 2.26. The van der Waals surface area contributed by atoms with E-state index in [4.69, 9.17) is 9.47 Å². The zero-order valence-electron chi connectivity index (χ0n) is 20.1. The van der Waals surface area contributed by atoms with E-state index in [9.17, 15) is 9.59 Å². The molecule has 3 aromatic rings. The van der Waals surface area contributed by atoms with Gasteiger partial charge in [0.05, 0.1) is 24.1 Å². The van der Waals surface area contributed by atoms with Gasteiger partial charge in [0.25, 0.3) is 11.5 Å². The molecule has 0 N–H and O–H groups in total. The molecule has 0 saturated carbocycles. The van der Waals surface area contributed by atoms with Crippen molar-refractivity contribution in [2.45, 2.75) is 37.9 Å². The van der Waals surface area contributed by atoms with Crippen molar-refractivity contribution < 1.29 is 14.3 Å². The summed E-state index contributed by atoms with van der Waals surface area (Å²) in [7, 11) is 1.70. The molecule has 34 heavy (non-hydrogen) atoms. The van der Waals surface area contributed by atoms with Crippen molar-refractivity contribution in [3.8, 4) is 5.88 Å². The quantitative estimate of drug-likeness (QED) is 0.390. The lowest BCUT2D eigenvalue weighted by Crippen LogP contribution is -2.47. The molecule has 1 aliphatic heterocycles. The fraction of sp³-hybridized carbons (Fsp3) is 0.458. The molecule has 1 aromatic carbocycles. The number of fused-ring (bicyclic) bond motifs is 1. The zero-order chi connectivity index (χ0) is 24.4.